The van der Waals surface area contributed by atoms with E-state index < -0.39 is 149 Å². The van der Waals surface area contributed by atoms with Crippen molar-refractivity contribution in [1.82, 2.24) is 0 Å². The summed E-state index contributed by atoms with van der Waals surface area (Å²) in [7, 11) is 0. The number of ether oxygens (including phenoxy) is 7. The molecule has 21 heteroatoms. The van der Waals surface area contributed by atoms with Crippen molar-refractivity contribution in [2.24, 2.45) is 0 Å². The lowest BCUT2D eigenvalue weighted by Gasteiger charge is -2.44. The Labute approximate surface area is 254 Å². The van der Waals surface area contributed by atoms with Gasteiger partial charge in [-0.1, -0.05) is 0 Å². The molecule has 14 N–H and O–H groups in total. The summed E-state index contributed by atoms with van der Waals surface area (Å²) in [6.45, 7) is -6.57. The molecule has 4 heterocycles. The average Bonchev–Trinajstić information content (AvgIpc) is 3.55. The second-order valence-corrected chi connectivity index (χ2v) is 11.3. The van der Waals surface area contributed by atoms with Crippen molar-refractivity contribution in [2.75, 3.05) is 46.2 Å². The molecule has 0 aromatic carbocycles. The van der Waals surface area contributed by atoms with Crippen LogP contribution in [0.2, 0.25) is 0 Å². The smallest absolute Gasteiger partial charge is 0.224 e. The zero-order chi connectivity index (χ0) is 33.5. The Balaban J connectivity index is 1.54. The zero-order valence-corrected chi connectivity index (χ0v) is 23.7. The first-order valence-corrected chi connectivity index (χ1v) is 14.0. The molecule has 21 nitrogen and oxygen atoms in total. The van der Waals surface area contributed by atoms with Crippen LogP contribution < -0.4 is 0 Å². The molecule has 4 saturated heterocycles. The van der Waals surface area contributed by atoms with E-state index in [4.69, 9.17) is 33.2 Å². The Morgan fingerprint density at radius 2 is 0.911 bits per heavy atom. The van der Waals surface area contributed by atoms with Crippen LogP contribution >= 0.6 is 0 Å². The van der Waals surface area contributed by atoms with Gasteiger partial charge in [-0.2, -0.15) is 0 Å². The second kappa shape index (κ2) is 14.3. The summed E-state index contributed by atoms with van der Waals surface area (Å²) in [5.74, 6) is -7.36. The maximum Gasteiger partial charge on any atom is 0.224 e. The predicted molar refractivity (Wildman–Crippen MR) is 134 cm³/mol. The van der Waals surface area contributed by atoms with Crippen LogP contribution in [0.4, 0.5) is 0 Å². The summed E-state index contributed by atoms with van der Waals surface area (Å²) in [5, 5.41) is 142. The summed E-state index contributed by atoms with van der Waals surface area (Å²) in [6.07, 6.45) is -25.3. The summed E-state index contributed by atoms with van der Waals surface area (Å²) < 4.78 is 38.2. The Morgan fingerprint density at radius 1 is 0.467 bits per heavy atom. The monoisotopic (exact) mass is 666 g/mol. The molecule has 0 radical (unpaired) electrons. The van der Waals surface area contributed by atoms with E-state index in [1.165, 1.54) is 0 Å². The molecule has 4 fully saturated rings. The minimum Gasteiger partial charge on any atom is -0.394 e. The average molecular weight is 667 g/mol. The fraction of sp³-hybridized carbons (Fsp3) is 1.00. The van der Waals surface area contributed by atoms with Crippen LogP contribution in [0.15, 0.2) is 0 Å². The van der Waals surface area contributed by atoms with Crippen molar-refractivity contribution >= 4 is 0 Å². The highest BCUT2D eigenvalue weighted by Gasteiger charge is 2.62. The van der Waals surface area contributed by atoms with E-state index in [1.54, 1.807) is 0 Å². The Kier molecular flexibility index (Phi) is 11.8. The predicted octanol–water partition coefficient (Wildman–Crippen LogP) is -9.74. The van der Waals surface area contributed by atoms with Gasteiger partial charge in [0, 0.05) is 0 Å². The van der Waals surface area contributed by atoms with Gasteiger partial charge in [0.15, 0.2) is 6.29 Å². The third-order valence-corrected chi connectivity index (χ3v) is 8.49. The van der Waals surface area contributed by atoms with Gasteiger partial charge in [0.2, 0.25) is 17.4 Å². The highest BCUT2D eigenvalue weighted by Crippen LogP contribution is 2.39. The van der Waals surface area contributed by atoms with Crippen LogP contribution in [0.3, 0.4) is 0 Å². The van der Waals surface area contributed by atoms with Crippen molar-refractivity contribution in [3.8, 4) is 0 Å². The molecule has 17 atom stereocenters. The molecule has 4 aliphatic heterocycles. The second-order valence-electron chi connectivity index (χ2n) is 11.3. The molecule has 0 bridgehead atoms. The minimum absolute atomic E-state index is 0.789. The molecule has 0 saturated carbocycles. The van der Waals surface area contributed by atoms with Gasteiger partial charge in [-0.3, -0.25) is 0 Å². The minimum atomic E-state index is -2.49. The maximum atomic E-state index is 10.9. The molecule has 4 rings (SSSR count). The third-order valence-electron chi connectivity index (χ3n) is 8.49. The highest BCUT2D eigenvalue weighted by atomic mass is 16.8. The first-order chi connectivity index (χ1) is 21.2. The van der Waals surface area contributed by atoms with Crippen LogP contribution in [0, 0.1) is 0 Å². The molecule has 4 aliphatic rings. The molecule has 0 amide bonds. The van der Waals surface area contributed by atoms with Gasteiger partial charge in [0.05, 0.1) is 26.4 Å². The first-order valence-electron chi connectivity index (χ1n) is 14.0. The quantitative estimate of drug-likeness (QED) is 0.0867. The van der Waals surface area contributed by atoms with Gasteiger partial charge in [-0.15, -0.1) is 0 Å². The van der Waals surface area contributed by atoms with Gasteiger partial charge in [0.25, 0.3) is 0 Å². The maximum absolute atomic E-state index is 10.9. The van der Waals surface area contributed by atoms with E-state index >= 15 is 0 Å². The van der Waals surface area contributed by atoms with E-state index in [-0.39, 0.29) is 0 Å². The van der Waals surface area contributed by atoms with Crippen molar-refractivity contribution in [1.29, 1.82) is 0 Å². The standard InChI is InChI=1S/C24H42O21/c25-1-8-13(31)18(36)22(5-28,42-8)40-7-24(20(38)15(33)10(3-27)44-24)39-4-11-12(30)16(34)17(35)21(41-11)45-23(6-29)19(37)14(32)9(2-26)43-23/h8-21,25-38H,1-7H2/t8-,9-,10-,11-,12-,13-,14-,15-,16+,17-,18+,19+,20+,21+,22-,23+,24-/m1/s1. The largest absolute Gasteiger partial charge is 0.394 e. The summed E-state index contributed by atoms with van der Waals surface area (Å²) in [6, 6.07) is 0. The van der Waals surface area contributed by atoms with Crippen molar-refractivity contribution in [2.45, 2.75) is 103 Å². The molecular weight excluding hydrogens is 624 g/mol. The van der Waals surface area contributed by atoms with Crippen LogP contribution in [0.25, 0.3) is 0 Å². The van der Waals surface area contributed by atoms with Gasteiger partial charge in [-0.25, -0.2) is 0 Å². The van der Waals surface area contributed by atoms with E-state index in [0.717, 1.165) is 0 Å². The Bertz CT molecular complexity index is 964. The van der Waals surface area contributed by atoms with E-state index in [0.29, 0.717) is 0 Å². The number of aliphatic hydroxyl groups is 14. The van der Waals surface area contributed by atoms with Gasteiger partial charge in [0.1, 0.15) is 99.2 Å². The van der Waals surface area contributed by atoms with E-state index in [1.807, 2.05) is 0 Å². The van der Waals surface area contributed by atoms with Crippen molar-refractivity contribution in [3.05, 3.63) is 0 Å². The lowest BCUT2D eigenvalue weighted by atomic mass is 9.98. The molecule has 0 aromatic rings. The molecular formula is C24H42O21. The SMILES string of the molecule is OC[C@H]1O[C@@](CO)(OC[C@@]2(OC[C@H]3O[C@@H](O[C@]4(CO)O[C@H](CO)[C@@H](O)[C@@H]4O)[C@H](O)[C@@H](O)[C@@H]3O)O[C@H](CO)[C@@H](O)[C@@H]2O)[C@@H](O)[C@@H]1O. The number of aliphatic hydroxyl groups excluding tert-OH is 14. The molecule has 0 aromatic heterocycles. The normalized spacial score (nSPS) is 52.1. The summed E-state index contributed by atoms with van der Waals surface area (Å²) >= 11 is 0. The summed E-state index contributed by atoms with van der Waals surface area (Å²) in [5.41, 5.74) is 0. The fourth-order valence-electron chi connectivity index (χ4n) is 5.65. The lowest BCUT2D eigenvalue weighted by molar-refractivity contribution is -0.391. The van der Waals surface area contributed by atoms with Crippen LogP contribution in [-0.2, 0) is 33.2 Å². The molecule has 0 aliphatic carbocycles. The highest BCUT2D eigenvalue weighted by molar-refractivity contribution is 5.02. The van der Waals surface area contributed by atoms with Crippen LogP contribution in [-0.4, -0.2) is 221 Å². The molecule has 264 valence electrons. The number of hydrogen-bond acceptors (Lipinski definition) is 21. The van der Waals surface area contributed by atoms with Crippen molar-refractivity contribution in [3.63, 3.8) is 0 Å². The van der Waals surface area contributed by atoms with Gasteiger partial charge < -0.3 is 105 Å². The third kappa shape index (κ3) is 6.49. The van der Waals surface area contributed by atoms with Crippen LogP contribution in [0.1, 0.15) is 0 Å². The number of hydrogen-bond donors (Lipinski definition) is 14. The van der Waals surface area contributed by atoms with Gasteiger partial charge in [-0.05, 0) is 0 Å². The first kappa shape index (κ1) is 37.0. The van der Waals surface area contributed by atoms with Gasteiger partial charge >= 0.3 is 0 Å². The molecule has 45 heavy (non-hydrogen) atoms. The van der Waals surface area contributed by atoms with Crippen LogP contribution in [0.5, 0.6) is 0 Å². The summed E-state index contributed by atoms with van der Waals surface area (Å²) in [4.78, 5) is 0. The molecule has 0 spiro atoms. The Morgan fingerprint density at radius 3 is 1.38 bits per heavy atom. The molecule has 0 unspecified atom stereocenters. The van der Waals surface area contributed by atoms with E-state index in [2.05, 4.69) is 0 Å². The topological polar surface area (TPSA) is 348 Å². The zero-order valence-electron chi connectivity index (χ0n) is 23.7. The lowest BCUT2D eigenvalue weighted by Crippen LogP contribution is -2.63. The Hall–Kier alpha value is -0.840. The fourth-order valence-corrected chi connectivity index (χ4v) is 5.65. The van der Waals surface area contributed by atoms with Crippen molar-refractivity contribution < 1.29 is 105 Å². The van der Waals surface area contributed by atoms with E-state index in [9.17, 15) is 71.5 Å². The number of rotatable bonds is 13.